The van der Waals surface area contributed by atoms with Crippen LogP contribution in [0, 0.1) is 0 Å². The molecule has 0 fully saturated rings. The number of aromatic nitrogens is 5. The van der Waals surface area contributed by atoms with Gasteiger partial charge in [-0.3, -0.25) is 0 Å². The zero-order valence-electron chi connectivity index (χ0n) is 37.7. The van der Waals surface area contributed by atoms with Crippen molar-refractivity contribution in [3.8, 4) is 68.2 Å². The summed E-state index contributed by atoms with van der Waals surface area (Å²) in [4.78, 5) is 15.6. The van der Waals surface area contributed by atoms with E-state index < -0.39 is 5.41 Å². The van der Waals surface area contributed by atoms with E-state index in [0.29, 0.717) is 17.5 Å². The molecule has 0 amide bonds. The Labute approximate surface area is 403 Å². The van der Waals surface area contributed by atoms with Crippen molar-refractivity contribution in [2.24, 2.45) is 0 Å². The monoisotopic (exact) mass is 893 g/mol. The fraction of sp³-hybridized carbons (Fsp3) is 0.0156. The van der Waals surface area contributed by atoms with Gasteiger partial charge in [0, 0.05) is 60.6 Å². The maximum atomic E-state index is 7.29. The molecule has 2 aliphatic rings. The molecule has 1 atom stereocenters. The Morgan fingerprint density at radius 2 is 0.929 bits per heavy atom. The van der Waals surface area contributed by atoms with Crippen molar-refractivity contribution in [2.75, 3.05) is 0 Å². The maximum Gasteiger partial charge on any atom is 0.164 e. The van der Waals surface area contributed by atoms with E-state index >= 15 is 0 Å². The largest absolute Gasteiger partial charge is 0.456 e. The maximum absolute atomic E-state index is 7.29. The van der Waals surface area contributed by atoms with Crippen LogP contribution in [0.2, 0.25) is 0 Å². The van der Waals surface area contributed by atoms with E-state index in [1.807, 2.05) is 36.4 Å². The first-order valence-electron chi connectivity index (χ1n) is 23.8. The van der Waals surface area contributed by atoms with Crippen molar-refractivity contribution in [3.05, 3.63) is 259 Å². The topological polar surface area (TPSA) is 57.8 Å². The number of fused-ring (bicyclic) bond motifs is 14. The van der Waals surface area contributed by atoms with Crippen LogP contribution in [-0.4, -0.2) is 24.1 Å². The third-order valence-electron chi connectivity index (χ3n) is 14.6. The minimum absolute atomic E-state index is 0.609. The summed E-state index contributed by atoms with van der Waals surface area (Å²) in [6, 6.07) is 84.2. The lowest BCUT2D eigenvalue weighted by molar-refractivity contribution is 0.435. The summed E-state index contributed by atoms with van der Waals surface area (Å²) in [5.74, 6) is 3.55. The van der Waals surface area contributed by atoms with E-state index in [1.54, 1.807) is 0 Å². The van der Waals surface area contributed by atoms with Crippen LogP contribution in [0.3, 0.4) is 0 Å². The quantitative estimate of drug-likeness (QED) is 0.173. The molecule has 0 saturated heterocycles. The minimum Gasteiger partial charge on any atom is -0.456 e. The molecule has 0 aliphatic carbocycles. The zero-order valence-corrected chi connectivity index (χ0v) is 37.7. The van der Waals surface area contributed by atoms with Crippen LogP contribution in [0.5, 0.6) is 11.5 Å². The van der Waals surface area contributed by atoms with Gasteiger partial charge in [0.1, 0.15) is 11.5 Å². The molecule has 10 aromatic carbocycles. The molecule has 2 aliphatic heterocycles. The molecule has 5 heterocycles. The van der Waals surface area contributed by atoms with Crippen LogP contribution in [0.1, 0.15) is 22.3 Å². The van der Waals surface area contributed by atoms with Gasteiger partial charge in [0.05, 0.1) is 33.2 Å². The van der Waals surface area contributed by atoms with Crippen molar-refractivity contribution in [1.82, 2.24) is 24.1 Å². The Kier molecular flexibility index (Phi) is 8.18. The van der Waals surface area contributed by atoms with Crippen molar-refractivity contribution in [2.45, 2.75) is 5.41 Å². The van der Waals surface area contributed by atoms with Gasteiger partial charge in [-0.1, -0.05) is 188 Å². The third kappa shape index (κ3) is 5.35. The van der Waals surface area contributed by atoms with Crippen molar-refractivity contribution in [3.63, 3.8) is 0 Å². The fourth-order valence-electron chi connectivity index (χ4n) is 11.8. The van der Waals surface area contributed by atoms with Crippen LogP contribution in [0.25, 0.3) is 100 Å². The highest BCUT2D eigenvalue weighted by Crippen LogP contribution is 2.61. The van der Waals surface area contributed by atoms with E-state index in [4.69, 9.17) is 19.7 Å². The van der Waals surface area contributed by atoms with Crippen LogP contribution in [-0.2, 0) is 5.41 Å². The molecule has 1 unspecified atom stereocenters. The molecular formula is C64H39N5O. The molecule has 6 heteroatoms. The zero-order chi connectivity index (χ0) is 45.9. The summed E-state index contributed by atoms with van der Waals surface area (Å²) < 4.78 is 12.1. The van der Waals surface area contributed by atoms with Gasteiger partial charge >= 0.3 is 0 Å². The van der Waals surface area contributed by atoms with Crippen molar-refractivity contribution < 1.29 is 4.74 Å². The number of hydrogen-bond donors (Lipinski definition) is 0. The molecule has 0 radical (unpaired) electrons. The molecular weight excluding hydrogens is 855 g/mol. The average Bonchev–Trinajstić information content (AvgIpc) is 3.96. The van der Waals surface area contributed by atoms with Crippen LogP contribution in [0.4, 0.5) is 0 Å². The Morgan fingerprint density at radius 3 is 1.73 bits per heavy atom. The first kappa shape index (κ1) is 38.7. The van der Waals surface area contributed by atoms with Gasteiger partial charge in [-0.05, 0) is 65.2 Å². The van der Waals surface area contributed by atoms with Gasteiger partial charge in [-0.25, -0.2) is 15.0 Å². The van der Waals surface area contributed by atoms with Gasteiger partial charge in [0.15, 0.2) is 17.5 Å². The summed E-state index contributed by atoms with van der Waals surface area (Å²) in [5, 5.41) is 4.62. The fourth-order valence-corrected chi connectivity index (χ4v) is 11.8. The second kappa shape index (κ2) is 14.8. The molecule has 70 heavy (non-hydrogen) atoms. The number of benzene rings is 10. The summed E-state index contributed by atoms with van der Waals surface area (Å²) in [6.07, 6.45) is 0. The highest BCUT2D eigenvalue weighted by Gasteiger charge is 2.50. The van der Waals surface area contributed by atoms with E-state index in [1.165, 1.54) is 38.6 Å². The molecule has 0 saturated carbocycles. The normalized spacial score (nSPS) is 14.5. The molecule has 1 spiro atoms. The number of nitrogens with zero attached hydrogens (tertiary/aromatic N) is 5. The summed E-state index contributed by atoms with van der Waals surface area (Å²) in [6.45, 7) is 0. The van der Waals surface area contributed by atoms with E-state index in [2.05, 4.69) is 209 Å². The van der Waals surface area contributed by atoms with Crippen molar-refractivity contribution in [1.29, 1.82) is 0 Å². The van der Waals surface area contributed by atoms with Crippen molar-refractivity contribution >= 4 is 43.6 Å². The first-order chi connectivity index (χ1) is 34.7. The third-order valence-corrected chi connectivity index (χ3v) is 14.6. The van der Waals surface area contributed by atoms with E-state index in [0.717, 1.165) is 77.9 Å². The second-order valence-electron chi connectivity index (χ2n) is 18.2. The minimum atomic E-state index is -0.688. The standard InChI is InChI=1S/C64H39N5O/c1-4-19-40(20-5-1)61-65-62(41-21-6-2-7-22-41)67-63(66-61)47-28-18-35-56-58(47)48-39-42(37-38-54(48)68(56)43-23-8-3-9-24-43)44-26-16-32-52-60(44)70-57-36-15-12-30-50(57)64(52)49-29-11-14-34-55(49)69-53-33-13-10-25-45(53)46-27-17-31-51(64)59(46)69/h1-39H. The molecule has 15 rings (SSSR count). The second-order valence-corrected chi connectivity index (χ2v) is 18.2. The number of ether oxygens (including phenoxy) is 1. The number of rotatable bonds is 5. The number of para-hydroxylation sites is 6. The van der Waals surface area contributed by atoms with Gasteiger partial charge in [-0.15, -0.1) is 0 Å². The predicted molar refractivity (Wildman–Crippen MR) is 282 cm³/mol. The highest BCUT2D eigenvalue weighted by molar-refractivity contribution is 6.17. The summed E-state index contributed by atoms with van der Waals surface area (Å²) in [7, 11) is 0. The lowest BCUT2D eigenvalue weighted by atomic mass is 9.61. The Bertz CT molecular complexity index is 4210. The van der Waals surface area contributed by atoms with E-state index in [9.17, 15) is 0 Å². The van der Waals surface area contributed by atoms with E-state index in [-0.39, 0.29) is 0 Å². The van der Waals surface area contributed by atoms with Gasteiger partial charge in [-0.2, -0.15) is 0 Å². The molecule has 13 aromatic rings. The summed E-state index contributed by atoms with van der Waals surface area (Å²) >= 11 is 0. The lowest BCUT2D eigenvalue weighted by Crippen LogP contribution is -2.37. The van der Waals surface area contributed by atoms with Crippen LogP contribution >= 0.6 is 0 Å². The Balaban J connectivity index is 1.01. The van der Waals surface area contributed by atoms with Crippen LogP contribution < -0.4 is 4.74 Å². The first-order valence-corrected chi connectivity index (χ1v) is 23.8. The molecule has 326 valence electrons. The predicted octanol–water partition coefficient (Wildman–Crippen LogP) is 15.5. The molecule has 0 bridgehead atoms. The SMILES string of the molecule is c1ccc(-c2nc(-c3ccccc3)nc(-c3cccc4c3c3cc(-c5cccc6c5Oc5ccccc5C65c6ccccc6-n6c7ccccc7c7cccc5c76)ccc3n4-c3ccccc3)n2)cc1. The number of hydrogen-bond acceptors (Lipinski definition) is 4. The lowest BCUT2D eigenvalue weighted by Gasteiger charge is -2.45. The highest BCUT2D eigenvalue weighted by atomic mass is 16.5. The van der Waals surface area contributed by atoms with Gasteiger partial charge in [0.25, 0.3) is 0 Å². The van der Waals surface area contributed by atoms with Gasteiger partial charge < -0.3 is 13.9 Å². The summed E-state index contributed by atoms with van der Waals surface area (Å²) in [5.41, 5.74) is 15.6. The Morgan fingerprint density at radius 1 is 0.357 bits per heavy atom. The Hall–Kier alpha value is -9.39. The smallest absolute Gasteiger partial charge is 0.164 e. The molecule has 6 nitrogen and oxygen atoms in total. The van der Waals surface area contributed by atoms with Gasteiger partial charge in [0.2, 0.25) is 0 Å². The molecule has 3 aromatic heterocycles. The van der Waals surface area contributed by atoms with Crippen LogP contribution in [0.15, 0.2) is 237 Å². The molecule has 0 N–H and O–H groups in total. The average molecular weight is 894 g/mol.